The van der Waals surface area contributed by atoms with E-state index >= 15 is 0 Å². The van der Waals surface area contributed by atoms with Crippen molar-refractivity contribution in [2.24, 2.45) is 0 Å². The van der Waals surface area contributed by atoms with Crippen LogP contribution in [0, 0.1) is 6.92 Å². The highest BCUT2D eigenvalue weighted by molar-refractivity contribution is 6.07. The van der Waals surface area contributed by atoms with E-state index in [2.05, 4.69) is 30.5 Å². The zero-order valence-electron chi connectivity index (χ0n) is 16.1. The molecule has 1 aliphatic heterocycles. The van der Waals surface area contributed by atoms with Crippen LogP contribution in [0.15, 0.2) is 24.7 Å². The number of rotatable bonds is 3. The number of fused-ring (bicyclic) bond motifs is 2. The Hall–Kier alpha value is -3.29. The van der Waals surface area contributed by atoms with Crippen LogP contribution in [0.1, 0.15) is 35.2 Å². The van der Waals surface area contributed by atoms with Crippen LogP contribution in [0.25, 0.3) is 11.0 Å². The van der Waals surface area contributed by atoms with Crippen LogP contribution < -0.4 is 20.3 Å². The summed E-state index contributed by atoms with van der Waals surface area (Å²) in [5.74, 6) is 1.29. The van der Waals surface area contributed by atoms with Crippen molar-refractivity contribution in [3.8, 4) is 5.75 Å². The van der Waals surface area contributed by atoms with Crippen LogP contribution >= 0.6 is 0 Å². The lowest BCUT2D eigenvalue weighted by Crippen LogP contribution is -2.66. The number of H-pyrrole nitrogens is 1. The summed E-state index contributed by atoms with van der Waals surface area (Å²) >= 11 is 0. The molecule has 1 fully saturated rings. The molecule has 2 aliphatic rings. The molecule has 0 saturated heterocycles. The zero-order chi connectivity index (χ0) is 19.5. The summed E-state index contributed by atoms with van der Waals surface area (Å²) in [6.45, 7) is 1.95. The van der Waals surface area contributed by atoms with Crippen LogP contribution in [0.3, 0.4) is 0 Å². The Morgan fingerprint density at radius 2 is 2.14 bits per heavy atom. The van der Waals surface area contributed by atoms with Crippen LogP contribution in [-0.4, -0.2) is 40.7 Å². The van der Waals surface area contributed by atoms with Gasteiger partial charge in [-0.15, -0.1) is 0 Å². The summed E-state index contributed by atoms with van der Waals surface area (Å²) in [5.41, 5.74) is 3.60. The Balaban J connectivity index is 1.67. The topological polar surface area (TPSA) is 95.2 Å². The predicted octanol–water partition coefficient (Wildman–Crippen LogP) is 3.08. The zero-order valence-corrected chi connectivity index (χ0v) is 16.1. The van der Waals surface area contributed by atoms with Gasteiger partial charge in [-0.25, -0.2) is 9.97 Å². The fourth-order valence-electron chi connectivity index (χ4n) is 4.33. The van der Waals surface area contributed by atoms with Crippen molar-refractivity contribution >= 4 is 34.1 Å². The van der Waals surface area contributed by atoms with Crippen LogP contribution in [0.5, 0.6) is 5.75 Å². The van der Waals surface area contributed by atoms with E-state index in [1.807, 2.05) is 32.3 Å². The third-order valence-corrected chi connectivity index (χ3v) is 5.99. The first-order valence-corrected chi connectivity index (χ1v) is 9.37. The van der Waals surface area contributed by atoms with Gasteiger partial charge in [-0.3, -0.25) is 4.79 Å². The van der Waals surface area contributed by atoms with E-state index in [-0.39, 0.29) is 11.6 Å². The number of nitrogens with zero attached hydrogens (tertiary/aromatic N) is 3. The molecule has 0 bridgehead atoms. The first-order chi connectivity index (χ1) is 13.5. The lowest BCUT2D eigenvalue weighted by atomic mass is 9.80. The lowest BCUT2D eigenvalue weighted by molar-refractivity contribution is 0.0800. The number of nitrogens with one attached hydrogen (secondary N) is 3. The number of ether oxygens (including phenoxy) is 1. The molecule has 0 atom stereocenters. The number of aryl methyl sites for hydroxylation is 1. The van der Waals surface area contributed by atoms with Gasteiger partial charge in [0.15, 0.2) is 5.75 Å². The number of methoxy groups -OCH3 is 1. The van der Waals surface area contributed by atoms with E-state index in [1.165, 1.54) is 6.33 Å². The summed E-state index contributed by atoms with van der Waals surface area (Å²) in [4.78, 5) is 26.8. The minimum absolute atomic E-state index is 0.0368. The Kier molecular flexibility index (Phi) is 3.52. The third kappa shape index (κ3) is 2.20. The minimum Gasteiger partial charge on any atom is -0.492 e. The van der Waals surface area contributed by atoms with Crippen molar-refractivity contribution in [2.75, 3.05) is 24.4 Å². The smallest absolute Gasteiger partial charge is 0.255 e. The molecule has 3 aromatic rings. The standard InChI is InChI=1S/C20H22N6O2/c1-11-9-13(24-18-12-5-8-21-17(12)22-10-23-18)16(28-3)15-14(11)19(27)25-20(26(15)2)6-4-7-20/h5,8-10H,4,6-7H2,1-3H3,(H,25,27)(H2,21,22,23,24). The lowest BCUT2D eigenvalue weighted by Gasteiger charge is -2.53. The van der Waals surface area contributed by atoms with Crippen molar-refractivity contribution in [1.82, 2.24) is 20.3 Å². The molecule has 0 unspecified atom stereocenters. The van der Waals surface area contributed by atoms with E-state index in [1.54, 1.807) is 7.11 Å². The van der Waals surface area contributed by atoms with Crippen molar-refractivity contribution in [1.29, 1.82) is 0 Å². The number of carbonyl (C=O) groups is 1. The van der Waals surface area contributed by atoms with Gasteiger partial charge in [-0.1, -0.05) is 0 Å². The molecule has 8 nitrogen and oxygen atoms in total. The summed E-state index contributed by atoms with van der Waals surface area (Å²) in [6.07, 6.45) is 6.32. The van der Waals surface area contributed by atoms with E-state index in [0.717, 1.165) is 47.2 Å². The number of aromatic amines is 1. The highest BCUT2D eigenvalue weighted by Crippen LogP contribution is 2.49. The maximum Gasteiger partial charge on any atom is 0.255 e. The first-order valence-electron chi connectivity index (χ1n) is 9.37. The molecule has 5 rings (SSSR count). The summed E-state index contributed by atoms with van der Waals surface area (Å²) in [6, 6.07) is 3.86. The molecule has 8 heteroatoms. The molecule has 1 aromatic carbocycles. The fourth-order valence-corrected chi connectivity index (χ4v) is 4.33. The molecule has 0 radical (unpaired) electrons. The molecule has 28 heavy (non-hydrogen) atoms. The van der Waals surface area contributed by atoms with Gasteiger partial charge in [-0.2, -0.15) is 0 Å². The van der Waals surface area contributed by atoms with Crippen LogP contribution in [0.4, 0.5) is 17.2 Å². The first kappa shape index (κ1) is 16.9. The number of hydrogen-bond acceptors (Lipinski definition) is 6. The number of carbonyl (C=O) groups excluding carboxylic acids is 1. The Labute approximate surface area is 162 Å². The average molecular weight is 378 g/mol. The van der Waals surface area contributed by atoms with Crippen molar-refractivity contribution in [3.05, 3.63) is 35.8 Å². The second-order valence-electron chi connectivity index (χ2n) is 7.48. The quantitative estimate of drug-likeness (QED) is 0.648. The fraction of sp³-hybridized carbons (Fsp3) is 0.350. The van der Waals surface area contributed by atoms with Gasteiger partial charge in [0.1, 0.15) is 23.5 Å². The Morgan fingerprint density at radius 1 is 1.32 bits per heavy atom. The number of amides is 1. The average Bonchev–Trinajstić information content (AvgIpc) is 3.12. The number of anilines is 3. The van der Waals surface area contributed by atoms with Gasteiger partial charge in [0.05, 0.1) is 29.4 Å². The van der Waals surface area contributed by atoms with Gasteiger partial charge >= 0.3 is 0 Å². The maximum absolute atomic E-state index is 12.9. The van der Waals surface area contributed by atoms with Gasteiger partial charge in [0, 0.05) is 13.2 Å². The highest BCUT2D eigenvalue weighted by Gasteiger charge is 2.48. The molecule has 1 saturated carbocycles. The molecule has 1 amide bonds. The molecule has 3 heterocycles. The number of aromatic nitrogens is 3. The Bertz CT molecular complexity index is 1100. The summed E-state index contributed by atoms with van der Waals surface area (Å²) in [7, 11) is 3.66. The SMILES string of the molecule is COc1c(Nc2ncnc3[nH]ccc23)cc(C)c2c1N(C)C1(CCC1)NC2=O. The molecule has 1 aliphatic carbocycles. The van der Waals surface area contributed by atoms with Crippen LogP contribution in [-0.2, 0) is 0 Å². The van der Waals surface area contributed by atoms with Gasteiger partial charge in [0.2, 0.25) is 0 Å². The van der Waals surface area contributed by atoms with E-state index in [4.69, 9.17) is 4.74 Å². The second-order valence-corrected chi connectivity index (χ2v) is 7.48. The van der Waals surface area contributed by atoms with E-state index in [9.17, 15) is 4.79 Å². The summed E-state index contributed by atoms with van der Waals surface area (Å²) in [5, 5.41) is 7.48. The number of benzene rings is 1. The van der Waals surface area contributed by atoms with E-state index in [0.29, 0.717) is 17.1 Å². The third-order valence-electron chi connectivity index (χ3n) is 5.99. The summed E-state index contributed by atoms with van der Waals surface area (Å²) < 4.78 is 5.81. The predicted molar refractivity (Wildman–Crippen MR) is 107 cm³/mol. The monoisotopic (exact) mass is 378 g/mol. The molecular weight excluding hydrogens is 356 g/mol. The van der Waals surface area contributed by atoms with Crippen molar-refractivity contribution in [3.63, 3.8) is 0 Å². The molecule has 1 spiro atoms. The molecule has 3 N–H and O–H groups in total. The van der Waals surface area contributed by atoms with E-state index < -0.39 is 0 Å². The molecule has 144 valence electrons. The molecular formula is C20H22N6O2. The normalized spacial score (nSPS) is 17.2. The second kappa shape index (κ2) is 5.85. The van der Waals surface area contributed by atoms with Gasteiger partial charge < -0.3 is 25.3 Å². The van der Waals surface area contributed by atoms with Crippen molar-refractivity contribution in [2.45, 2.75) is 31.8 Å². The van der Waals surface area contributed by atoms with Crippen LogP contribution in [0.2, 0.25) is 0 Å². The van der Waals surface area contributed by atoms with Crippen molar-refractivity contribution < 1.29 is 9.53 Å². The minimum atomic E-state index is -0.314. The molecule has 2 aromatic heterocycles. The Morgan fingerprint density at radius 3 is 2.86 bits per heavy atom. The van der Waals surface area contributed by atoms with Gasteiger partial charge in [-0.05, 0) is 43.9 Å². The van der Waals surface area contributed by atoms with Gasteiger partial charge in [0.25, 0.3) is 5.91 Å². The maximum atomic E-state index is 12.9. The highest BCUT2D eigenvalue weighted by atomic mass is 16.5. The largest absolute Gasteiger partial charge is 0.492 e. The number of hydrogen-bond donors (Lipinski definition) is 3.